The standard InChI is InChI=1S/C12H19N3/c1-10-8-15(7-6-14-10)9-11-2-4-12(13)5-3-11/h2-5,10,14H,6-9,13H2,1H3. The fourth-order valence-electron chi connectivity index (χ4n) is 2.04. The minimum absolute atomic E-state index is 0.604. The topological polar surface area (TPSA) is 41.3 Å². The van der Waals surface area contributed by atoms with Crippen molar-refractivity contribution in [2.45, 2.75) is 19.5 Å². The Balaban J connectivity index is 1.93. The molecule has 3 N–H and O–H groups in total. The second kappa shape index (κ2) is 4.64. The molecule has 82 valence electrons. The Kier molecular flexibility index (Phi) is 3.23. The van der Waals surface area contributed by atoms with Crippen molar-refractivity contribution in [1.82, 2.24) is 10.2 Å². The summed E-state index contributed by atoms with van der Waals surface area (Å²) in [5.41, 5.74) is 7.84. The number of benzene rings is 1. The summed E-state index contributed by atoms with van der Waals surface area (Å²) >= 11 is 0. The van der Waals surface area contributed by atoms with Gasteiger partial charge in [-0.25, -0.2) is 0 Å². The lowest BCUT2D eigenvalue weighted by molar-refractivity contribution is 0.199. The van der Waals surface area contributed by atoms with E-state index in [-0.39, 0.29) is 0 Å². The number of piperazine rings is 1. The van der Waals surface area contributed by atoms with Crippen LogP contribution in [-0.4, -0.2) is 30.6 Å². The highest BCUT2D eigenvalue weighted by molar-refractivity contribution is 5.39. The molecule has 1 heterocycles. The van der Waals surface area contributed by atoms with E-state index in [9.17, 15) is 0 Å². The van der Waals surface area contributed by atoms with E-state index in [2.05, 4.69) is 29.3 Å². The van der Waals surface area contributed by atoms with Gasteiger partial charge in [-0.05, 0) is 24.6 Å². The maximum Gasteiger partial charge on any atom is 0.0314 e. The van der Waals surface area contributed by atoms with Crippen LogP contribution in [0.2, 0.25) is 0 Å². The molecule has 1 aromatic rings. The summed E-state index contributed by atoms with van der Waals surface area (Å²) in [5, 5.41) is 3.45. The molecule has 0 saturated carbocycles. The molecule has 0 radical (unpaired) electrons. The van der Waals surface area contributed by atoms with Crippen LogP contribution < -0.4 is 11.1 Å². The highest BCUT2D eigenvalue weighted by atomic mass is 15.2. The van der Waals surface area contributed by atoms with Gasteiger partial charge in [0.2, 0.25) is 0 Å². The Morgan fingerprint density at radius 3 is 2.80 bits per heavy atom. The molecule has 1 atom stereocenters. The number of rotatable bonds is 2. The van der Waals surface area contributed by atoms with Crippen molar-refractivity contribution >= 4 is 5.69 Å². The average Bonchev–Trinajstić information content (AvgIpc) is 2.22. The predicted octanol–water partition coefficient (Wildman–Crippen LogP) is 1.06. The monoisotopic (exact) mass is 205 g/mol. The van der Waals surface area contributed by atoms with Gasteiger partial charge in [0.15, 0.2) is 0 Å². The number of nitrogens with one attached hydrogen (secondary N) is 1. The molecule has 0 bridgehead atoms. The van der Waals surface area contributed by atoms with E-state index in [1.54, 1.807) is 0 Å². The van der Waals surface area contributed by atoms with Gasteiger partial charge in [0.1, 0.15) is 0 Å². The highest BCUT2D eigenvalue weighted by Gasteiger charge is 2.14. The van der Waals surface area contributed by atoms with Gasteiger partial charge in [0, 0.05) is 37.9 Å². The maximum atomic E-state index is 5.66. The fourth-order valence-corrected chi connectivity index (χ4v) is 2.04. The van der Waals surface area contributed by atoms with Crippen molar-refractivity contribution in [3.8, 4) is 0 Å². The van der Waals surface area contributed by atoms with E-state index in [1.165, 1.54) is 5.56 Å². The first-order valence-electron chi connectivity index (χ1n) is 5.54. The van der Waals surface area contributed by atoms with E-state index in [0.717, 1.165) is 31.9 Å². The summed E-state index contributed by atoms with van der Waals surface area (Å²) in [7, 11) is 0. The number of anilines is 1. The lowest BCUT2D eigenvalue weighted by atomic mass is 10.1. The van der Waals surface area contributed by atoms with Crippen molar-refractivity contribution in [3.05, 3.63) is 29.8 Å². The van der Waals surface area contributed by atoms with Crippen LogP contribution in [0, 0.1) is 0 Å². The summed E-state index contributed by atoms with van der Waals surface area (Å²) in [6.45, 7) is 6.62. The molecular formula is C12H19N3. The van der Waals surface area contributed by atoms with E-state index >= 15 is 0 Å². The lowest BCUT2D eigenvalue weighted by Crippen LogP contribution is -2.48. The van der Waals surface area contributed by atoms with Gasteiger partial charge in [-0.1, -0.05) is 12.1 Å². The normalized spacial score (nSPS) is 22.9. The molecule has 1 saturated heterocycles. The number of hydrogen-bond acceptors (Lipinski definition) is 3. The lowest BCUT2D eigenvalue weighted by Gasteiger charge is -2.31. The highest BCUT2D eigenvalue weighted by Crippen LogP contribution is 2.10. The molecule has 1 aliphatic rings. The summed E-state index contributed by atoms with van der Waals surface area (Å²) < 4.78 is 0. The molecule has 1 fully saturated rings. The van der Waals surface area contributed by atoms with Gasteiger partial charge in [-0.15, -0.1) is 0 Å². The molecule has 15 heavy (non-hydrogen) atoms. The van der Waals surface area contributed by atoms with Crippen molar-refractivity contribution in [1.29, 1.82) is 0 Å². The Labute approximate surface area is 91.3 Å². The van der Waals surface area contributed by atoms with Crippen LogP contribution in [0.15, 0.2) is 24.3 Å². The van der Waals surface area contributed by atoms with Crippen molar-refractivity contribution in [2.24, 2.45) is 0 Å². The smallest absolute Gasteiger partial charge is 0.0314 e. The van der Waals surface area contributed by atoms with Gasteiger partial charge in [0.25, 0.3) is 0 Å². The molecule has 0 aromatic heterocycles. The van der Waals surface area contributed by atoms with Crippen LogP contribution >= 0.6 is 0 Å². The van der Waals surface area contributed by atoms with Gasteiger partial charge < -0.3 is 11.1 Å². The summed E-state index contributed by atoms with van der Waals surface area (Å²) in [4.78, 5) is 2.48. The Hall–Kier alpha value is -1.06. The van der Waals surface area contributed by atoms with Crippen LogP contribution in [-0.2, 0) is 6.54 Å². The van der Waals surface area contributed by atoms with Crippen LogP contribution in [0.25, 0.3) is 0 Å². The first kappa shape index (κ1) is 10.5. The van der Waals surface area contributed by atoms with Gasteiger partial charge in [-0.2, -0.15) is 0 Å². The number of nitrogens with two attached hydrogens (primary N) is 1. The molecule has 0 aliphatic carbocycles. The molecule has 2 rings (SSSR count). The Morgan fingerprint density at radius 1 is 1.40 bits per heavy atom. The van der Waals surface area contributed by atoms with Crippen LogP contribution in [0.4, 0.5) is 5.69 Å². The average molecular weight is 205 g/mol. The third-order valence-electron chi connectivity index (χ3n) is 2.84. The molecule has 3 nitrogen and oxygen atoms in total. The third-order valence-corrected chi connectivity index (χ3v) is 2.84. The zero-order valence-electron chi connectivity index (χ0n) is 9.24. The second-order valence-electron chi connectivity index (χ2n) is 4.33. The minimum atomic E-state index is 0.604. The number of nitrogens with zero attached hydrogens (tertiary/aromatic N) is 1. The summed E-state index contributed by atoms with van der Waals surface area (Å²) in [5.74, 6) is 0. The van der Waals surface area contributed by atoms with E-state index < -0.39 is 0 Å². The molecule has 1 aromatic carbocycles. The van der Waals surface area contributed by atoms with E-state index in [1.807, 2.05) is 12.1 Å². The van der Waals surface area contributed by atoms with Crippen LogP contribution in [0.5, 0.6) is 0 Å². The molecule has 1 unspecified atom stereocenters. The van der Waals surface area contributed by atoms with Crippen LogP contribution in [0.3, 0.4) is 0 Å². The maximum absolute atomic E-state index is 5.66. The number of nitrogen functional groups attached to an aromatic ring is 1. The van der Waals surface area contributed by atoms with Crippen LogP contribution in [0.1, 0.15) is 12.5 Å². The summed E-state index contributed by atoms with van der Waals surface area (Å²) in [6, 6.07) is 8.78. The summed E-state index contributed by atoms with van der Waals surface area (Å²) in [6.07, 6.45) is 0. The molecule has 0 spiro atoms. The number of hydrogen-bond donors (Lipinski definition) is 2. The van der Waals surface area contributed by atoms with E-state index in [4.69, 9.17) is 5.73 Å². The van der Waals surface area contributed by atoms with E-state index in [0.29, 0.717) is 6.04 Å². The predicted molar refractivity (Wildman–Crippen MR) is 63.6 cm³/mol. The van der Waals surface area contributed by atoms with Crippen molar-refractivity contribution in [2.75, 3.05) is 25.4 Å². The van der Waals surface area contributed by atoms with Crippen molar-refractivity contribution < 1.29 is 0 Å². The van der Waals surface area contributed by atoms with Gasteiger partial charge >= 0.3 is 0 Å². The second-order valence-corrected chi connectivity index (χ2v) is 4.33. The third kappa shape index (κ3) is 2.94. The first-order valence-corrected chi connectivity index (χ1v) is 5.54. The fraction of sp³-hybridized carbons (Fsp3) is 0.500. The van der Waals surface area contributed by atoms with Crippen molar-refractivity contribution in [3.63, 3.8) is 0 Å². The Morgan fingerprint density at radius 2 is 2.13 bits per heavy atom. The zero-order chi connectivity index (χ0) is 10.7. The largest absolute Gasteiger partial charge is 0.399 e. The molecule has 0 amide bonds. The van der Waals surface area contributed by atoms with Gasteiger partial charge in [-0.3, -0.25) is 4.90 Å². The SMILES string of the molecule is CC1CN(Cc2ccc(N)cc2)CCN1. The first-order chi connectivity index (χ1) is 7.24. The minimum Gasteiger partial charge on any atom is -0.399 e. The molecular weight excluding hydrogens is 186 g/mol. The molecule has 1 aliphatic heterocycles. The Bertz CT molecular complexity index is 307. The quantitative estimate of drug-likeness (QED) is 0.709. The molecule has 3 heteroatoms. The van der Waals surface area contributed by atoms with Gasteiger partial charge in [0.05, 0.1) is 0 Å². The zero-order valence-corrected chi connectivity index (χ0v) is 9.24.